The highest BCUT2D eigenvalue weighted by molar-refractivity contribution is 6.29. The zero-order valence-electron chi connectivity index (χ0n) is 10.2. The standard InChI is InChI=1S/C14H8ClN3O2/c15-13-4-14(18-8-17-13)20-11-1-2-12-9(3-11)5-16-6-10(12)7-19/h1-8H. The van der Waals surface area contributed by atoms with Crippen LogP contribution in [0.5, 0.6) is 11.6 Å². The lowest BCUT2D eigenvalue weighted by molar-refractivity contribution is 0.112. The lowest BCUT2D eigenvalue weighted by Crippen LogP contribution is -1.90. The number of benzene rings is 1. The Morgan fingerprint density at radius 2 is 2.05 bits per heavy atom. The van der Waals surface area contributed by atoms with Crippen LogP contribution in [-0.2, 0) is 0 Å². The van der Waals surface area contributed by atoms with Crippen molar-refractivity contribution >= 4 is 28.7 Å². The number of aromatic nitrogens is 3. The fourth-order valence-corrected chi connectivity index (χ4v) is 1.97. The van der Waals surface area contributed by atoms with E-state index >= 15 is 0 Å². The molecule has 0 atom stereocenters. The number of nitrogens with zero attached hydrogens (tertiary/aromatic N) is 3. The Hall–Kier alpha value is -2.53. The molecule has 6 heteroatoms. The van der Waals surface area contributed by atoms with E-state index in [0.717, 1.165) is 17.1 Å². The van der Waals surface area contributed by atoms with Crippen molar-refractivity contribution in [1.82, 2.24) is 15.0 Å². The number of hydrogen-bond acceptors (Lipinski definition) is 5. The average Bonchev–Trinajstić information content (AvgIpc) is 2.46. The van der Waals surface area contributed by atoms with Crippen molar-refractivity contribution in [2.24, 2.45) is 0 Å². The van der Waals surface area contributed by atoms with Gasteiger partial charge in [0, 0.05) is 29.4 Å². The van der Waals surface area contributed by atoms with Crippen LogP contribution >= 0.6 is 11.6 Å². The van der Waals surface area contributed by atoms with Crippen LogP contribution in [0.4, 0.5) is 0 Å². The Labute approximate surface area is 119 Å². The highest BCUT2D eigenvalue weighted by Crippen LogP contribution is 2.26. The maximum absolute atomic E-state index is 10.9. The zero-order valence-corrected chi connectivity index (χ0v) is 10.9. The number of halogens is 1. The molecule has 0 spiro atoms. The van der Waals surface area contributed by atoms with Gasteiger partial charge in [-0.1, -0.05) is 11.6 Å². The minimum atomic E-state index is 0.306. The predicted molar refractivity (Wildman–Crippen MR) is 74.2 cm³/mol. The van der Waals surface area contributed by atoms with E-state index in [9.17, 15) is 4.79 Å². The first-order chi connectivity index (χ1) is 9.76. The van der Waals surface area contributed by atoms with E-state index in [2.05, 4.69) is 15.0 Å². The van der Waals surface area contributed by atoms with Gasteiger partial charge in [0.2, 0.25) is 5.88 Å². The molecule has 0 N–H and O–H groups in total. The molecule has 0 radical (unpaired) electrons. The second-order valence-electron chi connectivity index (χ2n) is 4.01. The van der Waals surface area contributed by atoms with Crippen molar-refractivity contribution < 1.29 is 9.53 Å². The number of fused-ring (bicyclic) bond motifs is 1. The van der Waals surface area contributed by atoms with Crippen molar-refractivity contribution in [1.29, 1.82) is 0 Å². The fourth-order valence-electron chi connectivity index (χ4n) is 1.83. The van der Waals surface area contributed by atoms with Crippen LogP contribution in [0.1, 0.15) is 10.4 Å². The summed E-state index contributed by atoms with van der Waals surface area (Å²) in [7, 11) is 0. The first kappa shape index (κ1) is 12.5. The number of carbonyl (C=O) groups is 1. The maximum atomic E-state index is 10.9. The van der Waals surface area contributed by atoms with Crippen LogP contribution in [0.2, 0.25) is 5.15 Å². The van der Waals surface area contributed by atoms with Gasteiger partial charge in [-0.25, -0.2) is 9.97 Å². The van der Waals surface area contributed by atoms with E-state index in [1.54, 1.807) is 24.4 Å². The molecule has 0 amide bonds. The predicted octanol–water partition coefficient (Wildman–Crippen LogP) is 3.28. The van der Waals surface area contributed by atoms with Crippen molar-refractivity contribution in [3.8, 4) is 11.6 Å². The SMILES string of the molecule is O=Cc1cncc2cc(Oc3cc(Cl)ncn3)ccc12. The number of carbonyl (C=O) groups excluding carboxylic acids is 1. The molecule has 3 rings (SSSR count). The van der Waals surface area contributed by atoms with Gasteiger partial charge in [0.15, 0.2) is 6.29 Å². The molecule has 0 fully saturated rings. The third kappa shape index (κ3) is 2.44. The molecule has 0 saturated carbocycles. The molecule has 0 aliphatic rings. The minimum Gasteiger partial charge on any atom is -0.439 e. The quantitative estimate of drug-likeness (QED) is 0.546. The molecule has 5 nitrogen and oxygen atoms in total. The second kappa shape index (κ2) is 5.22. The topological polar surface area (TPSA) is 65.0 Å². The van der Waals surface area contributed by atoms with Gasteiger partial charge in [-0.3, -0.25) is 9.78 Å². The molecule has 0 saturated heterocycles. The average molecular weight is 286 g/mol. The third-order valence-electron chi connectivity index (χ3n) is 2.72. The summed E-state index contributed by atoms with van der Waals surface area (Å²) < 4.78 is 5.59. The van der Waals surface area contributed by atoms with E-state index in [0.29, 0.717) is 22.3 Å². The molecule has 20 heavy (non-hydrogen) atoms. The summed E-state index contributed by atoms with van der Waals surface area (Å²) >= 11 is 5.77. The molecule has 98 valence electrons. The minimum absolute atomic E-state index is 0.306. The second-order valence-corrected chi connectivity index (χ2v) is 4.40. The number of aldehydes is 1. The highest BCUT2D eigenvalue weighted by atomic mass is 35.5. The first-order valence-electron chi connectivity index (χ1n) is 5.74. The number of ether oxygens (including phenoxy) is 1. The lowest BCUT2D eigenvalue weighted by Gasteiger charge is -2.06. The lowest BCUT2D eigenvalue weighted by atomic mass is 10.1. The van der Waals surface area contributed by atoms with E-state index in [-0.39, 0.29) is 0 Å². The van der Waals surface area contributed by atoms with Gasteiger partial charge in [-0.2, -0.15) is 0 Å². The van der Waals surface area contributed by atoms with Crippen LogP contribution in [-0.4, -0.2) is 21.2 Å². The fraction of sp³-hybridized carbons (Fsp3) is 0. The van der Waals surface area contributed by atoms with Crippen molar-refractivity contribution in [2.45, 2.75) is 0 Å². The Balaban J connectivity index is 1.99. The molecule has 2 heterocycles. The van der Waals surface area contributed by atoms with E-state index in [4.69, 9.17) is 16.3 Å². The number of hydrogen-bond donors (Lipinski definition) is 0. The van der Waals surface area contributed by atoms with Crippen LogP contribution in [0.25, 0.3) is 10.8 Å². The van der Waals surface area contributed by atoms with Crippen molar-refractivity contribution in [2.75, 3.05) is 0 Å². The van der Waals surface area contributed by atoms with Crippen LogP contribution in [0, 0.1) is 0 Å². The monoisotopic (exact) mass is 285 g/mol. The molecule has 2 aromatic heterocycles. The molecule has 0 unspecified atom stereocenters. The summed E-state index contributed by atoms with van der Waals surface area (Å²) in [5.41, 5.74) is 0.541. The van der Waals surface area contributed by atoms with Gasteiger partial charge in [0.25, 0.3) is 0 Å². The smallest absolute Gasteiger partial charge is 0.223 e. The summed E-state index contributed by atoms with van der Waals surface area (Å²) in [6.45, 7) is 0. The summed E-state index contributed by atoms with van der Waals surface area (Å²) in [4.78, 5) is 22.7. The Bertz CT molecular complexity index is 792. The van der Waals surface area contributed by atoms with E-state index in [1.165, 1.54) is 18.6 Å². The normalized spacial score (nSPS) is 10.4. The van der Waals surface area contributed by atoms with Crippen molar-refractivity contribution in [3.63, 3.8) is 0 Å². The molecular formula is C14H8ClN3O2. The van der Waals surface area contributed by atoms with E-state index in [1.807, 2.05) is 0 Å². The van der Waals surface area contributed by atoms with Gasteiger partial charge in [-0.05, 0) is 23.6 Å². The first-order valence-corrected chi connectivity index (χ1v) is 6.12. The van der Waals surface area contributed by atoms with Crippen LogP contribution in [0.3, 0.4) is 0 Å². The molecule has 0 aliphatic carbocycles. The molecule has 0 aliphatic heterocycles. The Morgan fingerprint density at radius 1 is 1.15 bits per heavy atom. The highest BCUT2D eigenvalue weighted by Gasteiger charge is 2.04. The van der Waals surface area contributed by atoms with Gasteiger partial charge >= 0.3 is 0 Å². The molecule has 0 bridgehead atoms. The van der Waals surface area contributed by atoms with Gasteiger partial charge in [0.1, 0.15) is 17.2 Å². The Morgan fingerprint density at radius 3 is 2.85 bits per heavy atom. The van der Waals surface area contributed by atoms with Gasteiger partial charge in [0.05, 0.1) is 0 Å². The van der Waals surface area contributed by atoms with Gasteiger partial charge in [-0.15, -0.1) is 0 Å². The number of pyridine rings is 1. The summed E-state index contributed by atoms with van der Waals surface area (Å²) in [6, 6.07) is 6.86. The summed E-state index contributed by atoms with van der Waals surface area (Å²) in [5, 5.41) is 1.94. The van der Waals surface area contributed by atoms with E-state index < -0.39 is 0 Å². The third-order valence-corrected chi connectivity index (χ3v) is 2.93. The number of rotatable bonds is 3. The van der Waals surface area contributed by atoms with Crippen LogP contribution < -0.4 is 4.74 Å². The van der Waals surface area contributed by atoms with Crippen LogP contribution in [0.15, 0.2) is 43.0 Å². The largest absolute Gasteiger partial charge is 0.439 e. The van der Waals surface area contributed by atoms with Gasteiger partial charge < -0.3 is 4.74 Å². The summed E-state index contributed by atoms with van der Waals surface area (Å²) in [5.74, 6) is 0.931. The maximum Gasteiger partial charge on any atom is 0.223 e. The zero-order chi connectivity index (χ0) is 13.9. The summed E-state index contributed by atoms with van der Waals surface area (Å²) in [6.07, 6.45) is 5.30. The molecule has 3 aromatic rings. The Kier molecular flexibility index (Phi) is 3.26. The molecule has 1 aromatic carbocycles. The van der Waals surface area contributed by atoms with Crippen molar-refractivity contribution in [3.05, 3.63) is 53.7 Å². The molecular weight excluding hydrogens is 278 g/mol.